The molecule has 3 aromatic rings. The Morgan fingerprint density at radius 1 is 1.18 bits per heavy atom. The van der Waals surface area contributed by atoms with Gasteiger partial charge in [0, 0.05) is 16.7 Å². The number of hydrogen-bond acceptors (Lipinski definition) is 7. The Morgan fingerprint density at radius 3 is 2.47 bits per heavy atom. The van der Waals surface area contributed by atoms with Gasteiger partial charge in [0.1, 0.15) is 22.3 Å². The zero-order chi connectivity index (χ0) is 24.9. The molecule has 1 aliphatic heterocycles. The lowest BCUT2D eigenvalue weighted by atomic mass is 10.0. The highest BCUT2D eigenvalue weighted by molar-refractivity contribution is 8.15. The third-order valence-electron chi connectivity index (χ3n) is 4.96. The van der Waals surface area contributed by atoms with Gasteiger partial charge in [-0.3, -0.25) is 4.99 Å². The molecule has 9 heteroatoms. The van der Waals surface area contributed by atoms with E-state index in [1.807, 2.05) is 64.1 Å². The van der Waals surface area contributed by atoms with E-state index >= 15 is 0 Å². The largest absolute Gasteiger partial charge is 0.489 e. The lowest BCUT2D eigenvalue weighted by Crippen LogP contribution is -2.25. The molecule has 1 aliphatic rings. The third kappa shape index (κ3) is 7.19. The van der Waals surface area contributed by atoms with Crippen molar-refractivity contribution in [1.29, 1.82) is 0 Å². The fourth-order valence-electron chi connectivity index (χ4n) is 3.68. The van der Waals surface area contributed by atoms with Gasteiger partial charge in [0.05, 0.1) is 29.5 Å². The molecule has 7 nitrogen and oxygen atoms in total. The molecule has 182 valence electrons. The number of aliphatic hydroxyl groups is 1. The van der Waals surface area contributed by atoms with Crippen LogP contribution in [0.1, 0.15) is 45.4 Å². The molecular formula is C25H30N2O5S2. The second kappa shape index (κ2) is 11.2. The molecule has 2 heterocycles. The van der Waals surface area contributed by atoms with Crippen LogP contribution in [0.25, 0.3) is 10.9 Å². The number of rotatable bonds is 7. The van der Waals surface area contributed by atoms with Crippen LogP contribution in [-0.2, 0) is 11.6 Å². The van der Waals surface area contributed by atoms with Crippen molar-refractivity contribution >= 4 is 39.3 Å². The number of nitrogens with one attached hydrogen (secondary N) is 1. The predicted molar refractivity (Wildman–Crippen MR) is 138 cm³/mol. The number of thioether (sulfide) groups is 1. The molecule has 0 amide bonds. The van der Waals surface area contributed by atoms with Crippen molar-refractivity contribution in [2.75, 3.05) is 6.54 Å². The van der Waals surface area contributed by atoms with Crippen LogP contribution < -0.4 is 9.47 Å². The van der Waals surface area contributed by atoms with Crippen molar-refractivity contribution in [3.8, 4) is 17.2 Å². The quantitative estimate of drug-likeness (QED) is 0.448. The molecule has 34 heavy (non-hydrogen) atoms. The standard InChI is InChI=1S/C25H30N2O3S.O2S/c1-15(2)29-22-12-19(30-18-8-6-16(3)7-9-18)10-17-11-21(27-23(17)22)24-26-14-20(31-24)13-25(4,5)28;1-3-2/h6-12,15,20,27-28H,13-14H2,1-5H3;. The number of aromatic nitrogens is 1. The van der Waals surface area contributed by atoms with Gasteiger partial charge >= 0.3 is 11.6 Å². The topological polar surface area (TPSA) is 101 Å². The lowest BCUT2D eigenvalue weighted by molar-refractivity contribution is 0.0714. The van der Waals surface area contributed by atoms with Crippen molar-refractivity contribution in [3.05, 3.63) is 53.7 Å². The van der Waals surface area contributed by atoms with Crippen LogP contribution in [0.2, 0.25) is 0 Å². The van der Waals surface area contributed by atoms with Gasteiger partial charge in [0.15, 0.2) is 0 Å². The molecule has 4 rings (SSSR count). The number of aryl methyl sites for hydroxylation is 1. The van der Waals surface area contributed by atoms with Crippen LogP contribution in [0.4, 0.5) is 0 Å². The molecule has 2 aromatic carbocycles. The Hall–Kier alpha value is -2.62. The maximum atomic E-state index is 10.1. The number of nitrogens with zero attached hydrogens (tertiary/aromatic N) is 1. The highest BCUT2D eigenvalue weighted by atomic mass is 32.2. The molecule has 0 fully saturated rings. The van der Waals surface area contributed by atoms with Crippen LogP contribution in [0.15, 0.2) is 47.5 Å². The number of aliphatic imine (C=N–C) groups is 1. The fourth-order valence-corrected chi connectivity index (χ4v) is 5.02. The SMILES string of the molecule is Cc1ccc(Oc2cc(OC(C)C)c3[nH]c(C4=NCC(CC(C)(C)O)S4)cc3c2)cc1.O=S=O. The van der Waals surface area contributed by atoms with E-state index in [2.05, 4.69) is 18.0 Å². The fraction of sp³-hybridized carbons (Fsp3) is 0.400. The van der Waals surface area contributed by atoms with E-state index in [-0.39, 0.29) is 11.4 Å². The van der Waals surface area contributed by atoms with Crippen LogP contribution >= 0.6 is 11.8 Å². The summed E-state index contributed by atoms with van der Waals surface area (Å²) in [6, 6.07) is 14.1. The minimum Gasteiger partial charge on any atom is -0.489 e. The summed E-state index contributed by atoms with van der Waals surface area (Å²) in [5.74, 6) is 2.29. The van der Waals surface area contributed by atoms with Crippen LogP contribution in [-0.4, -0.2) is 47.1 Å². The molecule has 0 saturated carbocycles. The summed E-state index contributed by atoms with van der Waals surface area (Å²) >= 11 is 0.970. The molecule has 0 bridgehead atoms. The summed E-state index contributed by atoms with van der Waals surface area (Å²) in [4.78, 5) is 8.22. The molecule has 2 N–H and O–H groups in total. The van der Waals surface area contributed by atoms with Crippen molar-refractivity contribution in [3.63, 3.8) is 0 Å². The van der Waals surface area contributed by atoms with Gasteiger partial charge in [0.25, 0.3) is 0 Å². The van der Waals surface area contributed by atoms with Crippen LogP contribution in [0, 0.1) is 6.92 Å². The van der Waals surface area contributed by atoms with Gasteiger partial charge in [-0.1, -0.05) is 29.5 Å². The van der Waals surface area contributed by atoms with Crippen molar-refractivity contribution < 1.29 is 23.0 Å². The Labute approximate surface area is 207 Å². The Bertz CT molecular complexity index is 1190. The molecular weight excluding hydrogens is 472 g/mol. The number of ether oxygens (including phenoxy) is 2. The summed E-state index contributed by atoms with van der Waals surface area (Å²) < 4.78 is 28.8. The Kier molecular flexibility index (Phi) is 8.57. The first-order valence-electron chi connectivity index (χ1n) is 11.0. The number of hydrogen-bond donors (Lipinski definition) is 2. The van der Waals surface area contributed by atoms with Gasteiger partial charge < -0.3 is 19.6 Å². The predicted octanol–water partition coefficient (Wildman–Crippen LogP) is 5.41. The van der Waals surface area contributed by atoms with Crippen molar-refractivity contribution in [2.45, 2.75) is 58.0 Å². The van der Waals surface area contributed by atoms with Gasteiger partial charge in [0.2, 0.25) is 0 Å². The van der Waals surface area contributed by atoms with Crippen molar-refractivity contribution in [1.82, 2.24) is 4.98 Å². The van der Waals surface area contributed by atoms with Gasteiger partial charge in [-0.05, 0) is 65.3 Å². The normalized spacial score (nSPS) is 15.6. The molecule has 1 aromatic heterocycles. The zero-order valence-electron chi connectivity index (χ0n) is 20.0. The second-order valence-corrected chi connectivity index (χ2v) is 10.5. The highest BCUT2D eigenvalue weighted by Gasteiger charge is 2.27. The average Bonchev–Trinajstić information content (AvgIpc) is 3.35. The Morgan fingerprint density at radius 2 is 1.85 bits per heavy atom. The first-order valence-corrected chi connectivity index (χ1v) is 12.6. The van der Waals surface area contributed by atoms with E-state index in [4.69, 9.17) is 22.9 Å². The summed E-state index contributed by atoms with van der Waals surface area (Å²) in [7, 11) is 0. The van der Waals surface area contributed by atoms with E-state index in [1.54, 1.807) is 11.8 Å². The zero-order valence-corrected chi connectivity index (χ0v) is 21.6. The van der Waals surface area contributed by atoms with Gasteiger partial charge in [-0.15, -0.1) is 0 Å². The summed E-state index contributed by atoms with van der Waals surface area (Å²) in [6.07, 6.45) is 0.750. The number of aromatic amines is 1. The second-order valence-electron chi connectivity index (χ2n) is 9.12. The minimum absolute atomic E-state index is 0.0407. The van der Waals surface area contributed by atoms with E-state index in [0.29, 0.717) is 6.42 Å². The molecule has 1 atom stereocenters. The molecule has 0 radical (unpaired) electrons. The molecule has 0 saturated heterocycles. The molecule has 0 aliphatic carbocycles. The average molecular weight is 503 g/mol. The highest BCUT2D eigenvalue weighted by Crippen LogP contribution is 2.37. The number of benzene rings is 2. The third-order valence-corrected chi connectivity index (χ3v) is 6.18. The van der Waals surface area contributed by atoms with E-state index in [0.717, 1.165) is 45.4 Å². The first kappa shape index (κ1) is 26.0. The maximum Gasteiger partial charge on any atom is 0.335 e. The maximum absolute atomic E-state index is 10.1. The van der Waals surface area contributed by atoms with Gasteiger partial charge in [-0.25, -0.2) is 0 Å². The number of fused-ring (bicyclic) bond motifs is 1. The lowest BCUT2D eigenvalue weighted by Gasteiger charge is -2.20. The van der Waals surface area contributed by atoms with Crippen molar-refractivity contribution in [2.24, 2.45) is 4.99 Å². The first-order chi connectivity index (χ1) is 16.1. The smallest absolute Gasteiger partial charge is 0.335 e. The monoisotopic (exact) mass is 502 g/mol. The number of H-pyrrole nitrogens is 1. The summed E-state index contributed by atoms with van der Waals surface area (Å²) in [6.45, 7) is 10.5. The summed E-state index contributed by atoms with van der Waals surface area (Å²) in [5.41, 5.74) is 2.41. The van der Waals surface area contributed by atoms with E-state index < -0.39 is 17.2 Å². The van der Waals surface area contributed by atoms with Crippen LogP contribution in [0.3, 0.4) is 0 Å². The van der Waals surface area contributed by atoms with E-state index in [9.17, 15) is 5.11 Å². The molecule has 0 spiro atoms. The molecule has 1 unspecified atom stereocenters. The van der Waals surface area contributed by atoms with Gasteiger partial charge in [-0.2, -0.15) is 8.42 Å². The van der Waals surface area contributed by atoms with E-state index in [1.165, 1.54) is 5.56 Å². The van der Waals surface area contributed by atoms with Crippen LogP contribution in [0.5, 0.6) is 17.2 Å². The summed E-state index contributed by atoms with van der Waals surface area (Å²) in [5, 5.41) is 12.4. The minimum atomic E-state index is -0.750. The Balaban J connectivity index is 0.00000103.